The molecule has 4 rings (SSSR count). The highest BCUT2D eigenvalue weighted by atomic mass is 35.5. The van der Waals surface area contributed by atoms with Crippen LogP contribution in [0.15, 0.2) is 48.7 Å². The summed E-state index contributed by atoms with van der Waals surface area (Å²) in [6.07, 6.45) is 1.63. The Kier molecular flexibility index (Phi) is 6.27. The molecule has 0 spiro atoms. The van der Waals surface area contributed by atoms with E-state index in [-0.39, 0.29) is 15.6 Å². The summed E-state index contributed by atoms with van der Waals surface area (Å²) in [4.78, 5) is 29.9. The lowest BCUT2D eigenvalue weighted by atomic mass is 10.1. The van der Waals surface area contributed by atoms with Gasteiger partial charge in [0.25, 0.3) is 5.91 Å². The highest BCUT2D eigenvalue weighted by Crippen LogP contribution is 2.32. The monoisotopic (exact) mass is 485 g/mol. The van der Waals surface area contributed by atoms with Crippen molar-refractivity contribution < 1.29 is 9.59 Å². The van der Waals surface area contributed by atoms with Crippen LogP contribution in [0.3, 0.4) is 0 Å². The van der Waals surface area contributed by atoms with Crippen LogP contribution in [0.5, 0.6) is 0 Å². The average Bonchev–Trinajstić information content (AvgIpc) is 3.14. The van der Waals surface area contributed by atoms with E-state index in [1.54, 1.807) is 42.6 Å². The number of aromatic nitrogens is 2. The average molecular weight is 486 g/mol. The van der Waals surface area contributed by atoms with Gasteiger partial charge in [0.05, 0.1) is 38.2 Å². The fourth-order valence-corrected chi connectivity index (χ4v) is 4.39. The predicted octanol–water partition coefficient (Wildman–Crippen LogP) is 6.51. The Morgan fingerprint density at radius 3 is 2.38 bits per heavy atom. The molecule has 32 heavy (non-hydrogen) atoms. The van der Waals surface area contributed by atoms with Crippen LogP contribution in [-0.4, -0.2) is 21.3 Å². The maximum absolute atomic E-state index is 12.8. The molecule has 2 aromatic heterocycles. The lowest BCUT2D eigenvalue weighted by Gasteiger charge is -2.15. The largest absolute Gasteiger partial charge is 0.324 e. The van der Waals surface area contributed by atoms with Crippen molar-refractivity contribution in [2.45, 2.75) is 13.8 Å². The zero-order chi connectivity index (χ0) is 22.8. The maximum Gasteiger partial charge on any atom is 0.324 e. The molecule has 7 nitrogen and oxygen atoms in total. The first-order chi connectivity index (χ1) is 15.3. The number of aryl methyl sites for hydroxylation is 2. The topological polar surface area (TPSA) is 96.0 Å². The van der Waals surface area contributed by atoms with Crippen molar-refractivity contribution in [2.75, 3.05) is 16.0 Å². The third-order valence-corrected chi connectivity index (χ3v) is 6.05. The Morgan fingerprint density at radius 2 is 1.69 bits per heavy atom. The van der Waals surface area contributed by atoms with E-state index in [2.05, 4.69) is 25.3 Å². The predicted molar refractivity (Wildman–Crippen MR) is 130 cm³/mol. The number of hydrogen-bond donors (Lipinski definition) is 3. The number of carbonyl (C=O) groups is 2. The number of anilines is 3. The number of amides is 3. The molecular formula is C22H17Cl2N5O2S. The number of rotatable bonds is 4. The molecule has 10 heteroatoms. The summed E-state index contributed by atoms with van der Waals surface area (Å²) in [5, 5.41) is 10.3. The standard InChI is InChI=1S/C22H17Cl2N5O2S/c1-11-10-25-20-13(19(11)28-22(31)27-17-9-12(2)29-32-17)5-3-8-16(20)26-21(30)18-14(23)6-4-7-15(18)24/h3-10H,1-2H3,(H,26,30)(H2,25,27,28,31). The van der Waals surface area contributed by atoms with Gasteiger partial charge in [0, 0.05) is 11.6 Å². The fraction of sp³-hybridized carbons (Fsp3) is 0.0909. The normalized spacial score (nSPS) is 10.8. The van der Waals surface area contributed by atoms with Crippen molar-refractivity contribution in [1.29, 1.82) is 0 Å². The molecule has 3 amide bonds. The molecule has 0 radical (unpaired) electrons. The lowest BCUT2D eigenvalue weighted by molar-refractivity contribution is 0.102. The summed E-state index contributed by atoms with van der Waals surface area (Å²) in [6.45, 7) is 3.69. The van der Waals surface area contributed by atoms with Crippen LogP contribution in [0, 0.1) is 13.8 Å². The van der Waals surface area contributed by atoms with Gasteiger partial charge in [0.2, 0.25) is 0 Å². The minimum absolute atomic E-state index is 0.178. The quantitative estimate of drug-likeness (QED) is 0.306. The third-order valence-electron chi connectivity index (χ3n) is 4.63. The number of pyridine rings is 1. The molecule has 0 bridgehead atoms. The third kappa shape index (κ3) is 4.52. The number of para-hydroxylation sites is 1. The van der Waals surface area contributed by atoms with E-state index in [9.17, 15) is 9.59 Å². The first kappa shape index (κ1) is 22.0. The molecule has 0 aliphatic carbocycles. The second-order valence-corrected chi connectivity index (χ2v) is 8.60. The van der Waals surface area contributed by atoms with Crippen LogP contribution in [0.1, 0.15) is 21.6 Å². The van der Waals surface area contributed by atoms with Gasteiger partial charge in [-0.05, 0) is 55.2 Å². The smallest absolute Gasteiger partial charge is 0.320 e. The first-order valence-corrected chi connectivity index (χ1v) is 11.0. The van der Waals surface area contributed by atoms with Crippen LogP contribution in [-0.2, 0) is 0 Å². The number of carbonyl (C=O) groups excluding carboxylic acids is 2. The van der Waals surface area contributed by atoms with Crippen molar-refractivity contribution in [2.24, 2.45) is 0 Å². The van der Waals surface area contributed by atoms with Crippen LogP contribution in [0.2, 0.25) is 10.0 Å². The lowest BCUT2D eigenvalue weighted by Crippen LogP contribution is -2.20. The van der Waals surface area contributed by atoms with Gasteiger partial charge < -0.3 is 10.6 Å². The first-order valence-electron chi connectivity index (χ1n) is 9.48. The Hall–Kier alpha value is -3.20. The molecular weight excluding hydrogens is 469 g/mol. The molecule has 3 N–H and O–H groups in total. The van der Waals surface area contributed by atoms with Gasteiger partial charge in [-0.25, -0.2) is 4.79 Å². The van der Waals surface area contributed by atoms with Crippen LogP contribution < -0.4 is 16.0 Å². The van der Waals surface area contributed by atoms with Gasteiger partial charge in [-0.1, -0.05) is 41.4 Å². The van der Waals surface area contributed by atoms with E-state index < -0.39 is 11.9 Å². The SMILES string of the molecule is Cc1cc(NC(=O)Nc2c(C)cnc3c(NC(=O)c4c(Cl)cccc4Cl)cccc23)sn1. The zero-order valence-electron chi connectivity index (χ0n) is 17.0. The Balaban J connectivity index is 1.65. The van der Waals surface area contributed by atoms with E-state index in [0.29, 0.717) is 27.3 Å². The summed E-state index contributed by atoms with van der Waals surface area (Å²) in [5.41, 5.74) is 3.34. The molecule has 0 fully saturated rings. The summed E-state index contributed by atoms with van der Waals surface area (Å²) in [6, 6.07) is 11.5. The second-order valence-electron chi connectivity index (χ2n) is 6.98. The number of nitrogens with zero attached hydrogens (tertiary/aromatic N) is 2. The number of hydrogen-bond acceptors (Lipinski definition) is 5. The molecule has 4 aromatic rings. The summed E-state index contributed by atoms with van der Waals surface area (Å²) in [5.74, 6) is -0.455. The minimum Gasteiger partial charge on any atom is -0.320 e. The fourth-order valence-electron chi connectivity index (χ4n) is 3.17. The van der Waals surface area contributed by atoms with E-state index >= 15 is 0 Å². The molecule has 0 atom stereocenters. The van der Waals surface area contributed by atoms with E-state index in [1.807, 2.05) is 19.9 Å². The summed E-state index contributed by atoms with van der Waals surface area (Å²) < 4.78 is 4.15. The van der Waals surface area contributed by atoms with Gasteiger partial charge in [-0.3, -0.25) is 15.1 Å². The maximum atomic E-state index is 12.8. The van der Waals surface area contributed by atoms with Gasteiger partial charge in [0.15, 0.2) is 0 Å². The van der Waals surface area contributed by atoms with Crippen LogP contribution >= 0.6 is 34.7 Å². The van der Waals surface area contributed by atoms with Crippen molar-refractivity contribution in [1.82, 2.24) is 9.36 Å². The number of nitrogens with one attached hydrogen (secondary N) is 3. The molecule has 0 aliphatic rings. The van der Waals surface area contributed by atoms with Crippen molar-refractivity contribution in [3.05, 3.63) is 75.5 Å². The molecule has 0 aliphatic heterocycles. The molecule has 0 saturated heterocycles. The van der Waals surface area contributed by atoms with E-state index in [0.717, 1.165) is 11.3 Å². The van der Waals surface area contributed by atoms with Gasteiger partial charge in [0.1, 0.15) is 5.00 Å². The number of fused-ring (bicyclic) bond motifs is 1. The van der Waals surface area contributed by atoms with Crippen molar-refractivity contribution >= 4 is 74.0 Å². The number of urea groups is 1. The van der Waals surface area contributed by atoms with Crippen molar-refractivity contribution in [3.8, 4) is 0 Å². The van der Waals surface area contributed by atoms with Gasteiger partial charge in [-0.15, -0.1) is 0 Å². The van der Waals surface area contributed by atoms with Gasteiger partial charge >= 0.3 is 6.03 Å². The van der Waals surface area contributed by atoms with E-state index in [4.69, 9.17) is 23.2 Å². The van der Waals surface area contributed by atoms with Gasteiger partial charge in [-0.2, -0.15) is 4.37 Å². The van der Waals surface area contributed by atoms with E-state index in [1.165, 1.54) is 11.5 Å². The summed E-state index contributed by atoms with van der Waals surface area (Å²) >= 11 is 13.5. The highest BCUT2D eigenvalue weighted by Gasteiger charge is 2.18. The highest BCUT2D eigenvalue weighted by molar-refractivity contribution is 7.10. The molecule has 2 heterocycles. The van der Waals surface area contributed by atoms with Crippen LogP contribution in [0.25, 0.3) is 10.9 Å². The number of halogens is 2. The summed E-state index contributed by atoms with van der Waals surface area (Å²) in [7, 11) is 0. The van der Waals surface area contributed by atoms with Crippen molar-refractivity contribution in [3.63, 3.8) is 0 Å². The molecule has 0 saturated carbocycles. The molecule has 0 unspecified atom stereocenters. The van der Waals surface area contributed by atoms with Crippen LogP contribution in [0.4, 0.5) is 21.2 Å². The second kappa shape index (κ2) is 9.12. The zero-order valence-corrected chi connectivity index (χ0v) is 19.3. The minimum atomic E-state index is -0.455. The Bertz CT molecular complexity index is 1340. The number of benzene rings is 2. The molecule has 2 aromatic carbocycles. The Morgan fingerprint density at radius 1 is 0.969 bits per heavy atom. The molecule has 162 valence electrons. The Labute approximate surface area is 197 Å².